The summed E-state index contributed by atoms with van der Waals surface area (Å²) in [5, 5.41) is 3.03. The van der Waals surface area contributed by atoms with Crippen molar-refractivity contribution in [3.63, 3.8) is 0 Å². The fraction of sp³-hybridized carbons (Fsp3) is 0.231. The predicted molar refractivity (Wildman–Crippen MR) is 129 cm³/mol. The van der Waals surface area contributed by atoms with E-state index in [1.54, 1.807) is 36.4 Å². The van der Waals surface area contributed by atoms with Crippen LogP contribution in [0.1, 0.15) is 35.2 Å². The number of carbonyl (C=O) groups excluding carboxylic acids is 2. The monoisotopic (exact) mass is 476 g/mol. The van der Waals surface area contributed by atoms with Gasteiger partial charge in [-0.3, -0.25) is 9.59 Å². The van der Waals surface area contributed by atoms with Gasteiger partial charge in [0.15, 0.2) is 5.78 Å². The number of Topliss-reactive ketones (excluding diaryl/α,β-unsaturated/α-hetero) is 1. The lowest BCUT2D eigenvalue weighted by molar-refractivity contribution is -0.118. The molecule has 0 aromatic heterocycles. The number of ketones is 1. The van der Waals surface area contributed by atoms with Crippen LogP contribution in [-0.2, 0) is 20.2 Å². The Morgan fingerprint density at radius 1 is 0.971 bits per heavy atom. The first-order valence-corrected chi connectivity index (χ1v) is 12.6. The van der Waals surface area contributed by atoms with Crippen LogP contribution in [-0.4, -0.2) is 33.8 Å². The van der Waals surface area contributed by atoms with Gasteiger partial charge in [-0.1, -0.05) is 30.3 Å². The van der Waals surface area contributed by atoms with E-state index in [9.17, 15) is 18.0 Å². The van der Waals surface area contributed by atoms with Gasteiger partial charge in [0.1, 0.15) is 5.75 Å². The molecule has 0 atom stereocenters. The van der Waals surface area contributed by atoms with Gasteiger partial charge in [-0.25, -0.2) is 13.1 Å². The first-order valence-electron chi connectivity index (χ1n) is 11.1. The van der Waals surface area contributed by atoms with E-state index in [1.165, 1.54) is 7.05 Å². The van der Waals surface area contributed by atoms with Crippen molar-refractivity contribution in [2.75, 3.05) is 19.0 Å². The second-order valence-corrected chi connectivity index (χ2v) is 10.5. The van der Waals surface area contributed by atoms with Crippen LogP contribution in [0, 0.1) is 0 Å². The van der Waals surface area contributed by atoms with E-state index >= 15 is 0 Å². The smallest absolute Gasteiger partial charge is 0.240 e. The zero-order valence-electron chi connectivity index (χ0n) is 18.6. The summed E-state index contributed by atoms with van der Waals surface area (Å²) in [6.07, 6.45) is 1.78. The number of anilines is 1. The fourth-order valence-electron chi connectivity index (χ4n) is 4.30. The van der Waals surface area contributed by atoms with Crippen molar-refractivity contribution in [1.82, 2.24) is 4.72 Å². The molecule has 0 bridgehead atoms. The number of amides is 1. The number of ether oxygens (including phenoxy) is 1. The topological polar surface area (TPSA) is 102 Å². The van der Waals surface area contributed by atoms with Crippen molar-refractivity contribution in [3.8, 4) is 16.9 Å². The van der Waals surface area contributed by atoms with Gasteiger partial charge in [0, 0.05) is 12.1 Å². The molecule has 34 heavy (non-hydrogen) atoms. The second kappa shape index (κ2) is 8.38. The molecule has 1 fully saturated rings. The standard InChI is InChI=1S/C26H24N2O5S/c1-27-34(31,32)21-8-5-17(6-9-21)18-3-2-4-20(15-18)28-25(30)26(12-13-26)19-7-10-24-22(16-19)23(29)11-14-33-24/h2-10,15-16,27H,11-14H2,1H3,(H,28,30). The summed E-state index contributed by atoms with van der Waals surface area (Å²) in [7, 11) is -2.13. The van der Waals surface area contributed by atoms with Crippen LogP contribution in [0.2, 0.25) is 0 Å². The van der Waals surface area contributed by atoms with Crippen molar-refractivity contribution < 1.29 is 22.7 Å². The molecule has 1 aliphatic carbocycles. The molecule has 0 spiro atoms. The molecule has 2 N–H and O–H groups in total. The highest BCUT2D eigenvalue weighted by Gasteiger charge is 2.51. The lowest BCUT2D eigenvalue weighted by Gasteiger charge is -2.21. The van der Waals surface area contributed by atoms with E-state index in [2.05, 4.69) is 10.0 Å². The molecule has 1 aliphatic heterocycles. The molecule has 0 saturated heterocycles. The van der Waals surface area contributed by atoms with Gasteiger partial charge >= 0.3 is 0 Å². The van der Waals surface area contributed by atoms with Gasteiger partial charge in [0.05, 0.1) is 22.5 Å². The van der Waals surface area contributed by atoms with Gasteiger partial charge in [-0.2, -0.15) is 0 Å². The number of fused-ring (bicyclic) bond motifs is 1. The number of nitrogens with one attached hydrogen (secondary N) is 2. The summed E-state index contributed by atoms with van der Waals surface area (Å²) in [5.74, 6) is 0.516. The minimum atomic E-state index is -3.50. The average Bonchev–Trinajstić information content (AvgIpc) is 3.67. The number of rotatable bonds is 6. The maximum Gasteiger partial charge on any atom is 0.240 e. The third-order valence-corrected chi connectivity index (χ3v) is 7.92. The van der Waals surface area contributed by atoms with Crippen molar-refractivity contribution in [2.45, 2.75) is 29.6 Å². The molecule has 1 amide bonds. The quantitative estimate of drug-likeness (QED) is 0.562. The molecule has 8 heteroatoms. The SMILES string of the molecule is CNS(=O)(=O)c1ccc(-c2cccc(NC(=O)C3(c4ccc5c(c4)C(=O)CCO5)CC3)c2)cc1. The summed E-state index contributed by atoms with van der Waals surface area (Å²) in [6.45, 7) is 0.390. The molecular formula is C26H24N2O5S. The third kappa shape index (κ3) is 3.99. The molecular weight excluding hydrogens is 452 g/mol. The van der Waals surface area contributed by atoms with Crippen LogP contribution in [0.5, 0.6) is 5.75 Å². The van der Waals surface area contributed by atoms with Crippen LogP contribution < -0.4 is 14.8 Å². The van der Waals surface area contributed by atoms with Crippen molar-refractivity contribution in [1.29, 1.82) is 0 Å². The van der Waals surface area contributed by atoms with Crippen LogP contribution in [0.25, 0.3) is 11.1 Å². The Morgan fingerprint density at radius 2 is 1.74 bits per heavy atom. The van der Waals surface area contributed by atoms with E-state index < -0.39 is 15.4 Å². The second-order valence-electron chi connectivity index (χ2n) is 8.58. The molecule has 5 rings (SSSR count). The van der Waals surface area contributed by atoms with Crippen LogP contribution in [0.4, 0.5) is 5.69 Å². The summed E-state index contributed by atoms with van der Waals surface area (Å²) in [4.78, 5) is 25.8. The zero-order valence-corrected chi connectivity index (χ0v) is 19.4. The lowest BCUT2D eigenvalue weighted by Crippen LogP contribution is -2.28. The Hall–Kier alpha value is -3.49. The Kier molecular flexibility index (Phi) is 5.50. The molecule has 1 saturated carbocycles. The van der Waals surface area contributed by atoms with E-state index in [0.29, 0.717) is 42.9 Å². The predicted octanol–water partition coefficient (Wildman–Crippen LogP) is 3.90. The molecule has 2 aliphatic rings. The molecule has 3 aromatic rings. The highest BCUT2D eigenvalue weighted by atomic mass is 32.2. The van der Waals surface area contributed by atoms with Gasteiger partial charge < -0.3 is 10.1 Å². The molecule has 1 heterocycles. The summed E-state index contributed by atoms with van der Waals surface area (Å²) in [6, 6.07) is 19.5. The first kappa shape index (κ1) is 22.3. The normalized spacial score (nSPS) is 16.3. The molecule has 3 aromatic carbocycles. The van der Waals surface area contributed by atoms with Gasteiger partial charge in [0.25, 0.3) is 0 Å². The fourth-order valence-corrected chi connectivity index (χ4v) is 5.03. The molecule has 174 valence electrons. The Morgan fingerprint density at radius 3 is 2.44 bits per heavy atom. The average molecular weight is 477 g/mol. The maximum atomic E-state index is 13.3. The number of carbonyl (C=O) groups is 2. The number of hydrogen-bond acceptors (Lipinski definition) is 5. The highest BCUT2D eigenvalue weighted by molar-refractivity contribution is 7.89. The van der Waals surface area contributed by atoms with Gasteiger partial charge in [0.2, 0.25) is 15.9 Å². The minimum Gasteiger partial charge on any atom is -0.492 e. The van der Waals surface area contributed by atoms with Crippen molar-refractivity contribution in [2.24, 2.45) is 0 Å². The number of benzene rings is 3. The summed E-state index contributed by atoms with van der Waals surface area (Å²) < 4.78 is 31.8. The summed E-state index contributed by atoms with van der Waals surface area (Å²) in [5.41, 5.74) is 3.08. The molecule has 0 unspecified atom stereocenters. The highest BCUT2D eigenvalue weighted by Crippen LogP contribution is 2.50. The first-order chi connectivity index (χ1) is 16.3. The zero-order chi connectivity index (χ0) is 23.9. The van der Waals surface area contributed by atoms with E-state index in [1.807, 2.05) is 30.3 Å². The van der Waals surface area contributed by atoms with E-state index in [4.69, 9.17) is 4.74 Å². The number of sulfonamides is 1. The summed E-state index contributed by atoms with van der Waals surface area (Å²) >= 11 is 0. The maximum absolute atomic E-state index is 13.3. The minimum absolute atomic E-state index is 0.0422. The van der Waals surface area contributed by atoms with Crippen molar-refractivity contribution >= 4 is 27.4 Å². The molecule has 7 nitrogen and oxygen atoms in total. The van der Waals surface area contributed by atoms with E-state index in [0.717, 1.165) is 16.7 Å². The van der Waals surface area contributed by atoms with Crippen LogP contribution in [0.15, 0.2) is 71.6 Å². The molecule has 0 radical (unpaired) electrons. The van der Waals surface area contributed by atoms with Crippen LogP contribution >= 0.6 is 0 Å². The largest absolute Gasteiger partial charge is 0.492 e. The van der Waals surface area contributed by atoms with Gasteiger partial charge in [-0.15, -0.1) is 0 Å². The Bertz CT molecular complexity index is 1390. The van der Waals surface area contributed by atoms with Crippen LogP contribution in [0.3, 0.4) is 0 Å². The Balaban J connectivity index is 1.37. The third-order valence-electron chi connectivity index (χ3n) is 6.49. The van der Waals surface area contributed by atoms with Gasteiger partial charge in [-0.05, 0) is 73.0 Å². The Labute approximate surface area is 198 Å². The number of hydrogen-bond donors (Lipinski definition) is 2. The van der Waals surface area contributed by atoms with E-state index in [-0.39, 0.29) is 16.6 Å². The lowest BCUT2D eigenvalue weighted by atomic mass is 9.91. The van der Waals surface area contributed by atoms with Crippen molar-refractivity contribution in [3.05, 3.63) is 77.9 Å².